The molecular formula is C19H22O5S. The lowest BCUT2D eigenvalue weighted by atomic mass is 10.1. The molecule has 2 aromatic carbocycles. The number of rotatable bonds is 7. The fourth-order valence-corrected chi connectivity index (χ4v) is 3.23. The first kappa shape index (κ1) is 19.0. The average Bonchev–Trinajstić information content (AvgIpc) is 2.49. The minimum Gasteiger partial charge on any atom is -0.490 e. The highest BCUT2D eigenvalue weighted by Gasteiger charge is 2.09. The molecule has 0 aliphatic carbocycles. The van der Waals surface area contributed by atoms with Gasteiger partial charge in [0.25, 0.3) is 0 Å². The van der Waals surface area contributed by atoms with E-state index in [4.69, 9.17) is 9.47 Å². The van der Waals surface area contributed by atoms with Crippen molar-refractivity contribution in [1.29, 1.82) is 0 Å². The summed E-state index contributed by atoms with van der Waals surface area (Å²) in [7, 11) is -3.09. The second kappa shape index (κ2) is 8.16. The Hall–Kier alpha value is -2.34. The minimum atomic E-state index is -3.09. The number of aryl methyl sites for hydroxylation is 2. The molecule has 0 atom stereocenters. The summed E-state index contributed by atoms with van der Waals surface area (Å²) in [5.74, 6) is 0.236. The van der Waals surface area contributed by atoms with Crippen molar-refractivity contribution in [2.24, 2.45) is 0 Å². The zero-order valence-corrected chi connectivity index (χ0v) is 15.4. The van der Waals surface area contributed by atoms with Gasteiger partial charge in [0.2, 0.25) is 0 Å². The van der Waals surface area contributed by atoms with Crippen LogP contribution in [0.1, 0.15) is 27.0 Å². The van der Waals surface area contributed by atoms with Crippen LogP contribution in [0.4, 0.5) is 0 Å². The second-order valence-corrected chi connectivity index (χ2v) is 8.21. The van der Waals surface area contributed by atoms with Crippen molar-refractivity contribution < 1.29 is 22.7 Å². The first-order chi connectivity index (χ1) is 11.7. The number of esters is 1. The largest absolute Gasteiger partial charge is 0.490 e. The summed E-state index contributed by atoms with van der Waals surface area (Å²) in [4.78, 5) is 12.0. The molecule has 0 saturated heterocycles. The van der Waals surface area contributed by atoms with Crippen molar-refractivity contribution in [3.8, 4) is 5.75 Å². The summed E-state index contributed by atoms with van der Waals surface area (Å²) in [6.07, 6.45) is 1.17. The molecule has 134 valence electrons. The number of hydrogen-bond acceptors (Lipinski definition) is 5. The van der Waals surface area contributed by atoms with E-state index < -0.39 is 15.8 Å². The fraction of sp³-hybridized carbons (Fsp3) is 0.316. The van der Waals surface area contributed by atoms with E-state index in [1.54, 1.807) is 24.3 Å². The van der Waals surface area contributed by atoms with Crippen LogP contribution in [-0.4, -0.2) is 33.9 Å². The van der Waals surface area contributed by atoms with Crippen molar-refractivity contribution in [1.82, 2.24) is 0 Å². The highest BCUT2D eigenvalue weighted by molar-refractivity contribution is 7.89. The number of carbonyl (C=O) groups excluding carboxylic acids is 1. The van der Waals surface area contributed by atoms with Gasteiger partial charge in [-0.25, -0.2) is 13.2 Å². The van der Waals surface area contributed by atoms with Gasteiger partial charge in [-0.2, -0.15) is 0 Å². The summed E-state index contributed by atoms with van der Waals surface area (Å²) >= 11 is 0. The van der Waals surface area contributed by atoms with Crippen molar-refractivity contribution >= 4 is 15.8 Å². The van der Waals surface area contributed by atoms with Crippen LogP contribution in [0.25, 0.3) is 0 Å². The molecule has 6 heteroatoms. The number of benzene rings is 2. The topological polar surface area (TPSA) is 69.7 Å². The van der Waals surface area contributed by atoms with Crippen LogP contribution in [-0.2, 0) is 20.3 Å². The average molecular weight is 362 g/mol. The van der Waals surface area contributed by atoms with Crippen LogP contribution in [0.3, 0.4) is 0 Å². The highest BCUT2D eigenvalue weighted by atomic mass is 32.2. The Morgan fingerprint density at radius 1 is 0.960 bits per heavy atom. The van der Waals surface area contributed by atoms with E-state index in [9.17, 15) is 13.2 Å². The smallest absolute Gasteiger partial charge is 0.338 e. The fourth-order valence-electron chi connectivity index (χ4n) is 2.43. The molecule has 0 fully saturated rings. The number of hydrogen-bond donors (Lipinski definition) is 0. The Labute approximate surface area is 148 Å². The molecule has 0 heterocycles. The molecule has 0 unspecified atom stereocenters. The van der Waals surface area contributed by atoms with Gasteiger partial charge in [-0.1, -0.05) is 18.2 Å². The van der Waals surface area contributed by atoms with Crippen molar-refractivity contribution in [2.45, 2.75) is 19.6 Å². The predicted octanol–water partition coefficient (Wildman–Crippen LogP) is 3.08. The van der Waals surface area contributed by atoms with Gasteiger partial charge in [-0.15, -0.1) is 0 Å². The first-order valence-corrected chi connectivity index (χ1v) is 9.94. The van der Waals surface area contributed by atoms with E-state index in [2.05, 4.69) is 6.07 Å². The van der Waals surface area contributed by atoms with Gasteiger partial charge in [0, 0.05) is 6.26 Å². The zero-order chi connectivity index (χ0) is 18.4. The Morgan fingerprint density at radius 2 is 1.56 bits per heavy atom. The predicted molar refractivity (Wildman–Crippen MR) is 96.7 cm³/mol. The van der Waals surface area contributed by atoms with E-state index in [0.29, 0.717) is 11.1 Å². The molecule has 0 radical (unpaired) electrons. The number of carbonyl (C=O) groups is 1. The van der Waals surface area contributed by atoms with E-state index in [-0.39, 0.29) is 19.0 Å². The van der Waals surface area contributed by atoms with E-state index in [0.717, 1.165) is 16.9 Å². The SMILES string of the molecule is Cc1cc(C)cc(OCCOC(=O)c2ccc(CS(C)(=O)=O)cc2)c1. The molecule has 0 bridgehead atoms. The molecule has 2 rings (SSSR count). The molecule has 0 N–H and O–H groups in total. The van der Waals surface area contributed by atoms with Crippen LogP contribution in [0.2, 0.25) is 0 Å². The van der Waals surface area contributed by atoms with Gasteiger partial charge in [0.15, 0.2) is 9.84 Å². The van der Waals surface area contributed by atoms with Crippen LogP contribution >= 0.6 is 0 Å². The van der Waals surface area contributed by atoms with Gasteiger partial charge >= 0.3 is 5.97 Å². The van der Waals surface area contributed by atoms with Gasteiger partial charge < -0.3 is 9.47 Å². The van der Waals surface area contributed by atoms with Crippen LogP contribution in [0, 0.1) is 13.8 Å². The second-order valence-electron chi connectivity index (χ2n) is 6.07. The monoisotopic (exact) mass is 362 g/mol. The molecule has 0 amide bonds. The van der Waals surface area contributed by atoms with E-state index >= 15 is 0 Å². The van der Waals surface area contributed by atoms with Gasteiger partial charge in [-0.05, 0) is 54.8 Å². The Bertz CT molecular complexity index is 818. The quantitative estimate of drug-likeness (QED) is 0.559. The number of ether oxygens (including phenoxy) is 2. The molecule has 0 aromatic heterocycles. The van der Waals surface area contributed by atoms with Gasteiger partial charge in [0.1, 0.15) is 19.0 Å². The summed E-state index contributed by atoms with van der Waals surface area (Å²) in [6.45, 7) is 4.39. The highest BCUT2D eigenvalue weighted by Crippen LogP contribution is 2.16. The van der Waals surface area contributed by atoms with Crippen molar-refractivity contribution in [3.63, 3.8) is 0 Å². The van der Waals surface area contributed by atoms with Gasteiger partial charge in [0.05, 0.1) is 11.3 Å². The lowest BCUT2D eigenvalue weighted by Gasteiger charge is -2.09. The zero-order valence-electron chi connectivity index (χ0n) is 14.6. The van der Waals surface area contributed by atoms with Crippen molar-refractivity contribution in [3.05, 3.63) is 64.7 Å². The lowest BCUT2D eigenvalue weighted by Crippen LogP contribution is -2.12. The maximum atomic E-state index is 12.0. The number of sulfone groups is 1. The standard InChI is InChI=1S/C19H22O5S/c1-14-10-15(2)12-18(11-14)23-8-9-24-19(20)17-6-4-16(5-7-17)13-25(3,21)22/h4-7,10-12H,8-9,13H2,1-3H3. The Morgan fingerprint density at radius 3 is 2.12 bits per heavy atom. The Kier molecular flexibility index (Phi) is 6.20. The normalized spacial score (nSPS) is 11.2. The molecular weight excluding hydrogens is 340 g/mol. The minimum absolute atomic E-state index is 0.0495. The third-order valence-corrected chi connectivity index (χ3v) is 4.26. The molecule has 0 saturated carbocycles. The summed E-state index contributed by atoms with van der Waals surface area (Å²) < 4.78 is 33.2. The molecule has 0 aliphatic rings. The summed E-state index contributed by atoms with van der Waals surface area (Å²) in [5, 5.41) is 0. The van der Waals surface area contributed by atoms with E-state index in [1.807, 2.05) is 26.0 Å². The van der Waals surface area contributed by atoms with Crippen LogP contribution in [0.15, 0.2) is 42.5 Å². The third-order valence-electron chi connectivity index (χ3n) is 3.40. The first-order valence-electron chi connectivity index (χ1n) is 7.88. The van der Waals surface area contributed by atoms with Crippen LogP contribution in [0.5, 0.6) is 5.75 Å². The van der Waals surface area contributed by atoms with Crippen molar-refractivity contribution in [2.75, 3.05) is 19.5 Å². The summed E-state index contributed by atoms with van der Waals surface area (Å²) in [5.41, 5.74) is 3.24. The molecule has 25 heavy (non-hydrogen) atoms. The molecule has 2 aromatic rings. The summed E-state index contributed by atoms with van der Waals surface area (Å²) in [6, 6.07) is 12.3. The Balaban J connectivity index is 1.82. The maximum absolute atomic E-state index is 12.0. The maximum Gasteiger partial charge on any atom is 0.338 e. The molecule has 0 spiro atoms. The van der Waals surface area contributed by atoms with Gasteiger partial charge in [-0.3, -0.25) is 0 Å². The molecule has 5 nitrogen and oxygen atoms in total. The third kappa shape index (κ3) is 6.58. The van der Waals surface area contributed by atoms with Crippen LogP contribution < -0.4 is 4.74 Å². The lowest BCUT2D eigenvalue weighted by molar-refractivity contribution is 0.0450. The molecule has 0 aliphatic heterocycles. The van der Waals surface area contributed by atoms with E-state index in [1.165, 1.54) is 6.26 Å².